The first-order chi connectivity index (χ1) is 65.8. The number of carboxylic acid groups (broad SMARTS) is 2. The number of nitrogens with one attached hydrogen (secondary N) is 2. The molecule has 1 unspecified atom stereocenters. The summed E-state index contributed by atoms with van der Waals surface area (Å²) in [7, 11) is 8.43. The van der Waals surface area contributed by atoms with Crippen molar-refractivity contribution in [3.05, 3.63) is 457 Å². The highest BCUT2D eigenvalue weighted by atomic mass is 32.1. The number of quaternary nitrogens is 1. The molecule has 16 rings (SSSR count). The second-order valence-electron chi connectivity index (χ2n) is 37.9. The van der Waals surface area contributed by atoms with Crippen LogP contribution < -0.4 is 35.4 Å². The number of fused-ring (bicyclic) bond motifs is 1. The van der Waals surface area contributed by atoms with Crippen molar-refractivity contribution in [1.82, 2.24) is 15.0 Å². The van der Waals surface area contributed by atoms with Gasteiger partial charge in [-0.2, -0.15) is 0 Å². The van der Waals surface area contributed by atoms with Gasteiger partial charge < -0.3 is 36.3 Å². The number of hydrogen-bond donors (Lipinski definition) is 6. The summed E-state index contributed by atoms with van der Waals surface area (Å²) >= 11 is 1.79. The highest BCUT2D eigenvalue weighted by Gasteiger charge is 2.26. The molecule has 798 valence electrons. The number of anilines is 1. The Kier molecular flexibility index (Phi) is 68.2. The molecule has 8 N–H and O–H groups in total. The van der Waals surface area contributed by atoms with E-state index in [2.05, 4.69) is 255 Å². The maximum atomic E-state index is 10.6. The number of aryl methyl sites for hydroxylation is 12. The molecule has 3 amide bonds. The van der Waals surface area contributed by atoms with Crippen molar-refractivity contribution in [3.63, 3.8) is 0 Å². The van der Waals surface area contributed by atoms with Crippen LogP contribution in [0.1, 0.15) is 263 Å². The molecule has 9 heterocycles. The van der Waals surface area contributed by atoms with Crippen molar-refractivity contribution in [3.8, 4) is 10.4 Å². The molecule has 1 aliphatic rings. The maximum absolute atomic E-state index is 10.6. The number of thiophene rings is 1. The van der Waals surface area contributed by atoms with Crippen LogP contribution >= 0.6 is 11.3 Å². The van der Waals surface area contributed by atoms with Crippen molar-refractivity contribution in [2.75, 3.05) is 18.9 Å². The number of amides is 3. The molecule has 1 atom stereocenters. The zero-order chi connectivity index (χ0) is 104. The highest BCUT2D eigenvalue weighted by Crippen LogP contribution is 2.31. The average molecular weight is 2040 g/mol. The van der Waals surface area contributed by atoms with Crippen LogP contribution in [0, 0.1) is 77.8 Å². The Balaban J connectivity index is -0.000000500. The zero-order valence-corrected chi connectivity index (χ0v) is 87.3. The van der Waals surface area contributed by atoms with E-state index in [-0.39, 0.29) is 104 Å². The van der Waals surface area contributed by atoms with E-state index in [0.717, 1.165) is 51.4 Å². The third-order valence-electron chi connectivity index (χ3n) is 20.5. The fourth-order valence-electron chi connectivity index (χ4n) is 12.5. The molecular formula is C126H177N11O10S+4. The fourth-order valence-corrected chi connectivity index (χ4v) is 13.3. The van der Waals surface area contributed by atoms with E-state index < -0.39 is 16.9 Å². The van der Waals surface area contributed by atoms with Crippen LogP contribution in [0.25, 0.3) is 26.9 Å². The Labute approximate surface area is 893 Å². The summed E-state index contributed by atoms with van der Waals surface area (Å²) < 4.78 is 11.9. The number of nitrogens with two attached hydrogens (primary N) is 2. The average Bonchev–Trinajstić information content (AvgIpc) is 0.971. The second-order valence-corrected chi connectivity index (χ2v) is 38.9. The SMILES string of the molecule is C.C.C.C.C.C.C.C.CC(=O)Nc1cccc(C)c1.C[NH+]1C=C(c2ccco2)C=C(C(C)(C)C)C1.C[n+]1cc(-c2cccs2)cc(C(C)(C)C)c1.C[n+]1cc(C(C)(C)C)cc2ccccc21.C[n+]1cccc(C(C)(C)C)c1.Cc1ccc(C(=O)O)cc1.Cc1cccc(C(=O)O)c1.Cc1cccc(C(N)=O)c1.Cc1cccc(C(N)=O)c1.Cc1cccc([N+](=O)[O-])c1.Cc1ccncc1.Cc1ccncc1.Cc1ccncc1. The van der Waals surface area contributed by atoms with E-state index in [4.69, 9.17) is 26.1 Å². The lowest BCUT2D eigenvalue weighted by atomic mass is 9.83. The van der Waals surface area contributed by atoms with E-state index in [1.54, 1.807) is 134 Å². The van der Waals surface area contributed by atoms with Crippen molar-refractivity contribution in [2.45, 2.75) is 228 Å². The zero-order valence-electron chi connectivity index (χ0n) is 86.5. The van der Waals surface area contributed by atoms with Gasteiger partial charge in [-0.15, -0.1) is 11.3 Å². The summed E-state index contributed by atoms with van der Waals surface area (Å²) in [6.07, 6.45) is 27.8. The van der Waals surface area contributed by atoms with Gasteiger partial charge in [-0.3, -0.25) is 39.4 Å². The number of rotatable bonds is 8. The number of nitro benzene ring substituents is 1. The van der Waals surface area contributed by atoms with Crippen LogP contribution in [-0.2, 0) is 42.2 Å². The topological polar surface area (TPSA) is 301 Å². The molecule has 0 aliphatic carbocycles. The molecule has 7 aromatic carbocycles. The van der Waals surface area contributed by atoms with Gasteiger partial charge in [-0.25, -0.2) is 23.3 Å². The molecule has 0 spiro atoms. The lowest BCUT2D eigenvalue weighted by Gasteiger charge is -2.27. The summed E-state index contributed by atoms with van der Waals surface area (Å²) in [5, 5.41) is 33.3. The monoisotopic (exact) mass is 2040 g/mol. The molecule has 21 nitrogen and oxygen atoms in total. The van der Waals surface area contributed by atoms with E-state index >= 15 is 0 Å². The predicted molar refractivity (Wildman–Crippen MR) is 626 cm³/mol. The third kappa shape index (κ3) is 57.5. The molecule has 0 saturated heterocycles. The molecule has 1 aliphatic heterocycles. The van der Waals surface area contributed by atoms with Crippen molar-refractivity contribution in [1.29, 1.82) is 0 Å². The number of carbonyl (C=O) groups excluding carboxylic acids is 3. The van der Waals surface area contributed by atoms with E-state index in [9.17, 15) is 34.1 Å². The Morgan fingerprint density at radius 2 is 0.845 bits per heavy atom. The van der Waals surface area contributed by atoms with Gasteiger partial charge in [0, 0.05) is 112 Å². The van der Waals surface area contributed by atoms with Gasteiger partial charge in [-0.1, -0.05) is 256 Å². The van der Waals surface area contributed by atoms with Crippen LogP contribution in [0.4, 0.5) is 11.4 Å². The van der Waals surface area contributed by atoms with Gasteiger partial charge in [0.2, 0.25) is 23.2 Å². The molecule has 148 heavy (non-hydrogen) atoms. The number of non-ortho nitro benzene ring substituents is 1. The highest BCUT2D eigenvalue weighted by molar-refractivity contribution is 7.13. The first-order valence-corrected chi connectivity index (χ1v) is 46.8. The first-order valence-electron chi connectivity index (χ1n) is 45.9. The number of nitro groups is 1. The van der Waals surface area contributed by atoms with E-state index in [1.807, 2.05) is 172 Å². The number of furan rings is 1. The smallest absolute Gasteiger partial charge is 0.335 e. The normalized spacial score (nSPS) is 10.8. The minimum Gasteiger partial charge on any atom is -0.478 e. The van der Waals surface area contributed by atoms with Gasteiger partial charge in [0.25, 0.3) is 5.69 Å². The summed E-state index contributed by atoms with van der Waals surface area (Å²) in [4.78, 5) is 76.5. The van der Waals surface area contributed by atoms with E-state index in [0.29, 0.717) is 22.3 Å². The molecule has 22 heteroatoms. The Morgan fingerprint density at radius 1 is 0.426 bits per heavy atom. The summed E-state index contributed by atoms with van der Waals surface area (Å²) in [5.41, 5.74) is 33.2. The molecule has 0 radical (unpaired) electrons. The van der Waals surface area contributed by atoms with E-state index in [1.165, 1.54) is 83.8 Å². The molecule has 8 aromatic heterocycles. The Hall–Kier alpha value is -15.1. The van der Waals surface area contributed by atoms with Crippen LogP contribution in [-0.4, -0.2) is 73.3 Å². The van der Waals surface area contributed by atoms with Gasteiger partial charge in [0.15, 0.2) is 31.0 Å². The third-order valence-corrected chi connectivity index (χ3v) is 21.4. The predicted octanol–water partition coefficient (Wildman–Crippen LogP) is 29.1. The van der Waals surface area contributed by atoms with Crippen molar-refractivity contribution >= 4 is 68.8 Å². The van der Waals surface area contributed by atoms with Gasteiger partial charge in [0.05, 0.1) is 40.5 Å². The quantitative estimate of drug-likeness (QED) is 0.0469. The summed E-state index contributed by atoms with van der Waals surface area (Å²) in [6.45, 7) is 47.1. The lowest BCUT2D eigenvalue weighted by Crippen LogP contribution is -3.05. The number of para-hydroxylation sites is 1. The van der Waals surface area contributed by atoms with Gasteiger partial charge >= 0.3 is 11.9 Å². The maximum Gasteiger partial charge on any atom is 0.335 e. The first kappa shape index (κ1) is 141. The molecular weight excluding hydrogens is 1860 g/mol. The number of nitrogens with zero attached hydrogens (tertiary/aromatic N) is 7. The van der Waals surface area contributed by atoms with Gasteiger partial charge in [-0.05, 0) is 268 Å². The van der Waals surface area contributed by atoms with Crippen LogP contribution in [0.5, 0.6) is 0 Å². The number of benzene rings is 7. The second kappa shape index (κ2) is 71.4. The number of carbonyl (C=O) groups is 5. The minimum absolute atomic E-state index is 0. The lowest BCUT2D eigenvalue weighted by molar-refractivity contribution is -0.819. The van der Waals surface area contributed by atoms with Crippen LogP contribution in [0.15, 0.2) is 357 Å². The Bertz CT molecular complexity index is 6090. The molecule has 0 saturated carbocycles. The fraction of sp³-hybridized carbons (Fsp3) is 0.310. The van der Waals surface area contributed by atoms with Crippen molar-refractivity contribution < 1.29 is 62.1 Å². The number of pyridine rings is 6. The number of hydrogen-bond acceptors (Lipinski definition) is 12. The minimum atomic E-state index is -0.875. The molecule has 0 fully saturated rings. The summed E-state index contributed by atoms with van der Waals surface area (Å²) in [5.74, 6) is -1.56. The number of aromatic nitrogens is 6. The number of allylic oxidation sites excluding steroid dienone is 2. The number of likely N-dealkylation sites (N-methyl/N-ethyl adjacent to an activating group) is 1. The van der Waals surface area contributed by atoms with Crippen LogP contribution in [0.2, 0.25) is 0 Å². The number of carboxylic acids is 2. The Morgan fingerprint density at radius 3 is 1.20 bits per heavy atom. The van der Waals surface area contributed by atoms with Crippen LogP contribution in [0.3, 0.4) is 0 Å². The van der Waals surface area contributed by atoms with Gasteiger partial charge in [0.1, 0.15) is 39.6 Å². The van der Waals surface area contributed by atoms with Crippen molar-refractivity contribution in [2.24, 2.45) is 38.0 Å². The largest absolute Gasteiger partial charge is 0.478 e. The number of primary amides is 2. The number of aromatic carboxylic acids is 2. The standard InChI is InChI=1S/C14H19NO.C14H18NS.C14H18N.C10H16N.C9H11NO.2C8H9NO.2C8H8O2.C7H7NO2.3C6H7N.8CH4/c2*1-14(2,3)12-8-11(9-15(4)10-12)13-6-5-7-16-13;1-14(2,3)12-9-11-7-5-6-8-13(11)15(4)10-12;1-10(2,3)9-6-5-7-11(4)8-9;1-7-4-3-5-9(6-7)10-8(2)11;2*1-6-3-2-4-7(5-6)8(9)10;1-6-2-4-7(5-3-6)8(9)10;2*1-6-3-2-4-7(5-6)8(9)10;3*1-6-2-4-7-5-3-6;;;;;;;;/h5-9H,10H2,1-4H3;5-10H,1-4H3;5-10H,1-4H3;5-8H,1-4H3;3-6H,1-2H3,(H,10,11);2*2-5H,1H3,(H2,9,10);2*2-5H,1H3,(H,9,10);2-5H,1H3;3*2-5H,1H3;8*1H4/q;3*+1;;;;;;;;;;;;;;;;;/p+1. The molecule has 15 aromatic rings. The summed E-state index contributed by atoms with van der Waals surface area (Å²) in [6, 6.07) is 79.6. The molecule has 0 bridgehead atoms.